The molecule has 2 aromatic heterocycles. The first-order valence-electron chi connectivity index (χ1n) is 4.05. The van der Waals surface area contributed by atoms with Gasteiger partial charge in [-0.3, -0.25) is 0 Å². The van der Waals surface area contributed by atoms with Gasteiger partial charge in [0.2, 0.25) is 0 Å². The summed E-state index contributed by atoms with van der Waals surface area (Å²) in [5.41, 5.74) is 6.53. The molecule has 3 nitrogen and oxygen atoms in total. The van der Waals surface area contributed by atoms with Gasteiger partial charge in [0.05, 0.1) is 0 Å². The van der Waals surface area contributed by atoms with Gasteiger partial charge in [-0.05, 0) is 30.7 Å². The number of nitrogens with zero attached hydrogens (tertiary/aromatic N) is 1. The number of nitrogens with two attached hydrogens (primary N) is 1. The van der Waals surface area contributed by atoms with E-state index in [0.717, 1.165) is 0 Å². The molecule has 0 spiro atoms. The number of H-pyrrole nitrogens is 1. The highest BCUT2D eigenvalue weighted by atomic mass is 14.8. The molecule has 0 saturated carbocycles. The van der Waals surface area contributed by atoms with E-state index in [1.807, 2.05) is 30.6 Å². The molecular weight excluding hydrogens is 162 g/mol. The van der Waals surface area contributed by atoms with Crippen LogP contribution in [-0.4, -0.2) is 9.97 Å². The average Bonchev–Trinajstić information content (AvgIpc) is 2.58. The summed E-state index contributed by atoms with van der Waals surface area (Å²) in [5.74, 6) is 0.572. The van der Waals surface area contributed by atoms with Crippen LogP contribution in [0.5, 0.6) is 0 Å². The molecule has 3 N–H and O–H groups in total. The summed E-state index contributed by atoms with van der Waals surface area (Å²) in [7, 11) is 0. The number of rotatable bonds is 0. The van der Waals surface area contributed by atoms with Gasteiger partial charge in [0, 0.05) is 18.6 Å². The Morgan fingerprint density at radius 1 is 1.31 bits per heavy atom. The lowest BCUT2D eigenvalue weighted by molar-refractivity contribution is 1.34. The van der Waals surface area contributed by atoms with Crippen LogP contribution in [0, 0.1) is 6.92 Å². The maximum absolute atomic E-state index is 5.25. The first-order valence-corrected chi connectivity index (χ1v) is 4.05. The molecule has 2 aromatic rings. The minimum absolute atomic E-state index is 0.572. The van der Waals surface area contributed by atoms with Gasteiger partial charge in [-0.25, -0.2) is 4.98 Å². The smallest absolute Gasteiger partial charge is 0.123 e. The first-order chi connectivity index (χ1) is 6.29. The van der Waals surface area contributed by atoms with E-state index in [2.05, 4.69) is 16.9 Å². The van der Waals surface area contributed by atoms with Crippen molar-refractivity contribution >= 4 is 5.82 Å². The summed E-state index contributed by atoms with van der Waals surface area (Å²) in [6, 6.07) is 7.46. The van der Waals surface area contributed by atoms with Crippen molar-refractivity contribution in [2.45, 2.75) is 6.92 Å². The molecule has 0 saturated heterocycles. The Morgan fingerprint density at radius 2 is 2.15 bits per heavy atom. The summed E-state index contributed by atoms with van der Waals surface area (Å²) in [4.78, 5) is 6.69. The van der Waals surface area contributed by atoms with E-state index in [-0.39, 0.29) is 0 Å². The van der Waals surface area contributed by atoms with Gasteiger partial charge in [0.1, 0.15) is 5.82 Å². The van der Waals surface area contributed by atoms with Crippen LogP contribution >= 0.6 is 0 Å². The van der Waals surface area contributed by atoms with Crippen molar-refractivity contribution in [2.24, 2.45) is 0 Å². The Kier molecular flexibility index (Phi) is 3.57. The largest absolute Gasteiger partial charge is 0.384 e. The minimum Gasteiger partial charge on any atom is -0.384 e. The van der Waals surface area contributed by atoms with Gasteiger partial charge in [-0.1, -0.05) is 6.07 Å². The van der Waals surface area contributed by atoms with Crippen molar-refractivity contribution in [1.29, 1.82) is 0 Å². The molecule has 0 unspecified atom stereocenters. The van der Waals surface area contributed by atoms with Gasteiger partial charge >= 0.3 is 0 Å². The molecule has 0 aromatic carbocycles. The molecule has 0 amide bonds. The Labute approximate surface area is 77.6 Å². The van der Waals surface area contributed by atoms with Gasteiger partial charge in [-0.2, -0.15) is 0 Å². The second-order valence-electron chi connectivity index (χ2n) is 2.64. The molecule has 13 heavy (non-hydrogen) atoms. The zero-order valence-corrected chi connectivity index (χ0v) is 7.57. The highest BCUT2D eigenvalue weighted by molar-refractivity contribution is 5.25. The Morgan fingerprint density at radius 3 is 2.38 bits per heavy atom. The molecule has 0 fully saturated rings. The lowest BCUT2D eigenvalue weighted by Crippen LogP contribution is -1.85. The molecule has 0 atom stereocenters. The number of aromatic amines is 1. The Balaban J connectivity index is 0.000000132. The van der Waals surface area contributed by atoms with Crippen molar-refractivity contribution < 1.29 is 0 Å². The lowest BCUT2D eigenvalue weighted by atomic mass is 10.4. The third-order valence-electron chi connectivity index (χ3n) is 1.44. The maximum Gasteiger partial charge on any atom is 0.123 e. The molecule has 0 bridgehead atoms. The van der Waals surface area contributed by atoms with E-state index >= 15 is 0 Å². The number of aromatic nitrogens is 2. The molecule has 0 aliphatic heterocycles. The fourth-order valence-electron chi connectivity index (χ4n) is 0.783. The maximum atomic E-state index is 5.25. The second kappa shape index (κ2) is 4.98. The van der Waals surface area contributed by atoms with Crippen LogP contribution in [0.1, 0.15) is 5.56 Å². The van der Waals surface area contributed by atoms with Crippen LogP contribution in [0.3, 0.4) is 0 Å². The van der Waals surface area contributed by atoms with Crippen LogP contribution in [0.25, 0.3) is 0 Å². The van der Waals surface area contributed by atoms with E-state index in [1.54, 1.807) is 12.3 Å². The van der Waals surface area contributed by atoms with Gasteiger partial charge in [0.25, 0.3) is 0 Å². The number of nitrogen functional groups attached to an aromatic ring is 1. The fourth-order valence-corrected chi connectivity index (χ4v) is 0.783. The standard InChI is InChI=1S/C5H6N2.C5H7N/c6-5-3-1-2-4-7-5;1-5-2-3-6-4-5/h1-4H,(H2,6,7);2-4,6H,1H3. The predicted octanol–water partition coefficient (Wildman–Crippen LogP) is 1.99. The average molecular weight is 175 g/mol. The first kappa shape index (κ1) is 9.32. The van der Waals surface area contributed by atoms with Crippen molar-refractivity contribution in [1.82, 2.24) is 9.97 Å². The second-order valence-corrected chi connectivity index (χ2v) is 2.64. The number of nitrogens with one attached hydrogen (secondary N) is 1. The predicted molar refractivity (Wildman–Crippen MR) is 54.2 cm³/mol. The molecule has 68 valence electrons. The van der Waals surface area contributed by atoms with E-state index in [9.17, 15) is 0 Å². The third kappa shape index (κ3) is 3.96. The zero-order valence-electron chi connectivity index (χ0n) is 7.57. The highest BCUT2D eigenvalue weighted by Crippen LogP contribution is 1.89. The number of hydrogen-bond donors (Lipinski definition) is 2. The fraction of sp³-hybridized carbons (Fsp3) is 0.100. The van der Waals surface area contributed by atoms with E-state index < -0.39 is 0 Å². The summed E-state index contributed by atoms with van der Waals surface area (Å²) in [6.45, 7) is 2.05. The van der Waals surface area contributed by atoms with E-state index in [1.165, 1.54) is 5.56 Å². The van der Waals surface area contributed by atoms with E-state index in [0.29, 0.717) is 5.82 Å². The Hall–Kier alpha value is -1.77. The van der Waals surface area contributed by atoms with Gasteiger partial charge in [-0.15, -0.1) is 0 Å². The van der Waals surface area contributed by atoms with Crippen LogP contribution in [-0.2, 0) is 0 Å². The zero-order chi connectivity index (χ0) is 9.52. The van der Waals surface area contributed by atoms with Crippen molar-refractivity contribution in [3.63, 3.8) is 0 Å². The summed E-state index contributed by atoms with van der Waals surface area (Å²) in [6.07, 6.45) is 5.53. The van der Waals surface area contributed by atoms with Gasteiger partial charge in [0.15, 0.2) is 0 Å². The molecule has 0 aliphatic rings. The normalized spacial score (nSPS) is 8.69. The molecular formula is C10H13N3. The molecule has 0 radical (unpaired) electrons. The summed E-state index contributed by atoms with van der Waals surface area (Å²) >= 11 is 0. The van der Waals surface area contributed by atoms with Crippen LogP contribution in [0.15, 0.2) is 42.9 Å². The summed E-state index contributed by atoms with van der Waals surface area (Å²) in [5, 5.41) is 0. The van der Waals surface area contributed by atoms with E-state index in [4.69, 9.17) is 5.73 Å². The van der Waals surface area contributed by atoms with Crippen molar-refractivity contribution in [3.8, 4) is 0 Å². The van der Waals surface area contributed by atoms with Gasteiger partial charge < -0.3 is 10.7 Å². The highest BCUT2D eigenvalue weighted by Gasteiger charge is 1.74. The quantitative estimate of drug-likeness (QED) is 0.643. The van der Waals surface area contributed by atoms with Crippen molar-refractivity contribution in [3.05, 3.63) is 48.4 Å². The number of pyridine rings is 1. The topological polar surface area (TPSA) is 54.7 Å². The van der Waals surface area contributed by atoms with Crippen LogP contribution < -0.4 is 5.73 Å². The third-order valence-corrected chi connectivity index (χ3v) is 1.44. The Bertz CT molecular complexity index is 313. The molecule has 2 rings (SSSR count). The number of aryl methyl sites for hydroxylation is 1. The molecule has 2 heterocycles. The van der Waals surface area contributed by atoms with Crippen LogP contribution in [0.2, 0.25) is 0 Å². The van der Waals surface area contributed by atoms with Crippen LogP contribution in [0.4, 0.5) is 5.82 Å². The van der Waals surface area contributed by atoms with Crippen molar-refractivity contribution in [2.75, 3.05) is 5.73 Å². The molecule has 0 aliphatic carbocycles. The molecule has 3 heteroatoms. The lowest BCUT2D eigenvalue weighted by Gasteiger charge is -1.82. The SMILES string of the molecule is Cc1cc[nH]c1.Nc1ccccn1. The summed E-state index contributed by atoms with van der Waals surface area (Å²) < 4.78 is 0. The number of anilines is 1. The minimum atomic E-state index is 0.572. The number of hydrogen-bond acceptors (Lipinski definition) is 2. The monoisotopic (exact) mass is 175 g/mol.